The van der Waals surface area contributed by atoms with Crippen molar-refractivity contribution in [1.82, 2.24) is 10.1 Å². The van der Waals surface area contributed by atoms with Crippen LogP contribution in [0.25, 0.3) is 0 Å². The highest BCUT2D eigenvalue weighted by Crippen LogP contribution is 2.40. The number of benzene rings is 1. The number of nitrogens with one attached hydrogen (secondary N) is 1. The van der Waals surface area contributed by atoms with Crippen LogP contribution >= 0.6 is 0 Å². The minimum Gasteiger partial charge on any atom is -0.360 e. The van der Waals surface area contributed by atoms with Crippen LogP contribution in [0.1, 0.15) is 73.2 Å². The Morgan fingerprint density at radius 1 is 1.23 bits per heavy atom. The molecule has 1 amide bonds. The average Bonchev–Trinajstić information content (AvgIpc) is 3.40. The van der Waals surface area contributed by atoms with Gasteiger partial charge in [-0.25, -0.2) is 0 Å². The molecule has 5 nitrogen and oxygen atoms in total. The molecule has 1 unspecified atom stereocenters. The third kappa shape index (κ3) is 3.98. The van der Waals surface area contributed by atoms with Crippen molar-refractivity contribution in [2.45, 2.75) is 64.0 Å². The highest BCUT2D eigenvalue weighted by atomic mass is 16.5. The number of piperidine rings is 1. The predicted octanol–water partition coefficient (Wildman–Crippen LogP) is 4.57. The summed E-state index contributed by atoms with van der Waals surface area (Å²) in [6, 6.07) is 10.6. The third-order valence-corrected chi connectivity index (χ3v) is 5.56. The fourth-order valence-electron chi connectivity index (χ4n) is 3.81. The SMILES string of the molecule is CCC1CCCCN1Cc1ccc(NC(=O)c2cc(C3CC3)on2)cc1. The topological polar surface area (TPSA) is 58.4 Å². The molecule has 0 radical (unpaired) electrons. The van der Waals surface area contributed by atoms with Crippen molar-refractivity contribution in [2.24, 2.45) is 0 Å². The summed E-state index contributed by atoms with van der Waals surface area (Å²) in [5.74, 6) is 1.08. The molecule has 2 aliphatic rings. The number of rotatable bonds is 6. The standard InChI is InChI=1S/C21H27N3O2/c1-2-18-5-3-4-12-24(18)14-15-6-10-17(11-7-15)22-21(25)19-13-20(26-23-19)16-8-9-16/h6-7,10-11,13,16,18H,2-5,8-9,12,14H2,1H3,(H,22,25). The number of hydrogen-bond donors (Lipinski definition) is 1. The minimum absolute atomic E-state index is 0.213. The summed E-state index contributed by atoms with van der Waals surface area (Å²) in [7, 11) is 0. The highest BCUT2D eigenvalue weighted by molar-refractivity contribution is 6.02. The molecule has 138 valence electrons. The van der Waals surface area contributed by atoms with Crippen molar-refractivity contribution in [3.8, 4) is 0 Å². The molecule has 1 N–H and O–H groups in total. The zero-order valence-electron chi connectivity index (χ0n) is 15.4. The van der Waals surface area contributed by atoms with E-state index in [2.05, 4.69) is 34.4 Å². The molecular formula is C21H27N3O2. The second kappa shape index (κ2) is 7.62. The van der Waals surface area contributed by atoms with Crippen molar-refractivity contribution >= 4 is 11.6 Å². The molecule has 5 heteroatoms. The van der Waals surface area contributed by atoms with Gasteiger partial charge in [0.25, 0.3) is 5.91 Å². The van der Waals surface area contributed by atoms with E-state index in [9.17, 15) is 4.79 Å². The van der Waals surface area contributed by atoms with Crippen LogP contribution in [0, 0.1) is 0 Å². The molecule has 1 atom stereocenters. The third-order valence-electron chi connectivity index (χ3n) is 5.56. The number of hydrogen-bond acceptors (Lipinski definition) is 4. The van der Waals surface area contributed by atoms with Crippen molar-refractivity contribution < 1.29 is 9.32 Å². The largest absolute Gasteiger partial charge is 0.360 e. The van der Waals surface area contributed by atoms with Gasteiger partial charge in [-0.1, -0.05) is 30.6 Å². The molecule has 1 aromatic heterocycles. The number of carbonyl (C=O) groups excluding carboxylic acids is 1. The van der Waals surface area contributed by atoms with Gasteiger partial charge in [0.15, 0.2) is 5.69 Å². The van der Waals surface area contributed by atoms with E-state index in [4.69, 9.17) is 4.52 Å². The van der Waals surface area contributed by atoms with Gasteiger partial charge in [-0.2, -0.15) is 0 Å². The van der Waals surface area contributed by atoms with Crippen LogP contribution in [-0.2, 0) is 6.54 Å². The summed E-state index contributed by atoms with van der Waals surface area (Å²) >= 11 is 0. The summed E-state index contributed by atoms with van der Waals surface area (Å²) in [5, 5.41) is 6.80. The van der Waals surface area contributed by atoms with Crippen LogP contribution in [0.15, 0.2) is 34.9 Å². The maximum atomic E-state index is 12.3. The zero-order valence-corrected chi connectivity index (χ0v) is 15.4. The summed E-state index contributed by atoms with van der Waals surface area (Å²) < 4.78 is 5.26. The maximum absolute atomic E-state index is 12.3. The van der Waals surface area contributed by atoms with Crippen LogP contribution in [0.3, 0.4) is 0 Å². The van der Waals surface area contributed by atoms with E-state index in [1.54, 1.807) is 6.07 Å². The Bertz CT molecular complexity index is 749. The van der Waals surface area contributed by atoms with Gasteiger partial charge < -0.3 is 9.84 Å². The van der Waals surface area contributed by atoms with E-state index in [-0.39, 0.29) is 5.91 Å². The molecule has 1 saturated heterocycles. The van der Waals surface area contributed by atoms with E-state index in [1.807, 2.05) is 12.1 Å². The first-order valence-corrected chi connectivity index (χ1v) is 9.84. The lowest BCUT2D eigenvalue weighted by molar-refractivity contribution is 0.101. The van der Waals surface area contributed by atoms with Gasteiger partial charge in [0.05, 0.1) is 0 Å². The monoisotopic (exact) mass is 353 g/mol. The Morgan fingerprint density at radius 3 is 2.77 bits per heavy atom. The number of carbonyl (C=O) groups is 1. The molecule has 2 aromatic rings. The number of aromatic nitrogens is 1. The lowest BCUT2D eigenvalue weighted by Gasteiger charge is -2.35. The van der Waals surface area contributed by atoms with Crippen molar-refractivity contribution in [3.05, 3.63) is 47.3 Å². The molecule has 1 aromatic carbocycles. The number of amides is 1. The molecule has 2 fully saturated rings. The molecule has 1 aliphatic carbocycles. The average molecular weight is 353 g/mol. The van der Waals surface area contributed by atoms with Crippen molar-refractivity contribution in [2.75, 3.05) is 11.9 Å². The van der Waals surface area contributed by atoms with Crippen LogP contribution < -0.4 is 5.32 Å². The summed E-state index contributed by atoms with van der Waals surface area (Å²) in [6.45, 7) is 4.45. The lowest BCUT2D eigenvalue weighted by atomic mass is 9.99. The zero-order chi connectivity index (χ0) is 17.9. The van der Waals surface area contributed by atoms with Crippen LogP contribution in [0.4, 0.5) is 5.69 Å². The van der Waals surface area contributed by atoms with Gasteiger partial charge in [0.1, 0.15) is 5.76 Å². The van der Waals surface area contributed by atoms with Gasteiger partial charge in [0, 0.05) is 30.3 Å². The van der Waals surface area contributed by atoms with E-state index in [0.29, 0.717) is 17.7 Å². The first-order chi connectivity index (χ1) is 12.7. The Balaban J connectivity index is 1.35. The van der Waals surface area contributed by atoms with E-state index < -0.39 is 0 Å². The smallest absolute Gasteiger partial charge is 0.277 e. The number of likely N-dealkylation sites (tertiary alicyclic amines) is 1. The normalized spacial score (nSPS) is 20.9. The summed E-state index contributed by atoms with van der Waals surface area (Å²) in [5.41, 5.74) is 2.44. The quantitative estimate of drug-likeness (QED) is 0.826. The Morgan fingerprint density at radius 2 is 2.04 bits per heavy atom. The highest BCUT2D eigenvalue weighted by Gasteiger charge is 2.29. The number of nitrogens with zero attached hydrogens (tertiary/aromatic N) is 2. The van der Waals surface area contributed by atoms with Crippen LogP contribution in [-0.4, -0.2) is 28.6 Å². The van der Waals surface area contributed by atoms with E-state index in [0.717, 1.165) is 30.8 Å². The van der Waals surface area contributed by atoms with Crippen LogP contribution in [0.2, 0.25) is 0 Å². The van der Waals surface area contributed by atoms with E-state index >= 15 is 0 Å². The molecule has 1 aliphatic heterocycles. The van der Waals surface area contributed by atoms with Crippen molar-refractivity contribution in [1.29, 1.82) is 0 Å². The Labute approximate surface area is 154 Å². The lowest BCUT2D eigenvalue weighted by Crippen LogP contribution is -2.38. The van der Waals surface area contributed by atoms with Gasteiger partial charge in [-0.05, 0) is 56.3 Å². The molecule has 26 heavy (non-hydrogen) atoms. The van der Waals surface area contributed by atoms with Gasteiger partial charge in [-0.3, -0.25) is 9.69 Å². The second-order valence-corrected chi connectivity index (χ2v) is 7.57. The molecule has 0 bridgehead atoms. The molecule has 4 rings (SSSR count). The minimum atomic E-state index is -0.213. The summed E-state index contributed by atoms with van der Waals surface area (Å²) in [4.78, 5) is 14.9. The van der Waals surface area contributed by atoms with Crippen molar-refractivity contribution in [3.63, 3.8) is 0 Å². The van der Waals surface area contributed by atoms with Gasteiger partial charge >= 0.3 is 0 Å². The number of anilines is 1. The Kier molecular flexibility index (Phi) is 5.07. The second-order valence-electron chi connectivity index (χ2n) is 7.57. The molecule has 1 saturated carbocycles. The molecular weight excluding hydrogens is 326 g/mol. The van der Waals surface area contributed by atoms with E-state index in [1.165, 1.54) is 37.8 Å². The maximum Gasteiger partial charge on any atom is 0.277 e. The Hall–Kier alpha value is -2.14. The van der Waals surface area contributed by atoms with Crippen LogP contribution in [0.5, 0.6) is 0 Å². The first-order valence-electron chi connectivity index (χ1n) is 9.84. The predicted molar refractivity (Wildman–Crippen MR) is 101 cm³/mol. The van der Waals surface area contributed by atoms with Gasteiger partial charge in [0.2, 0.25) is 0 Å². The fourth-order valence-corrected chi connectivity index (χ4v) is 3.81. The summed E-state index contributed by atoms with van der Waals surface area (Å²) in [6.07, 6.45) is 7.44. The molecule has 2 heterocycles. The van der Waals surface area contributed by atoms with Gasteiger partial charge in [-0.15, -0.1) is 0 Å². The molecule has 0 spiro atoms. The first kappa shape index (κ1) is 17.3. The fraction of sp³-hybridized carbons (Fsp3) is 0.524.